The maximum Gasteiger partial charge on any atom is 0.257 e. The van der Waals surface area contributed by atoms with Crippen LogP contribution in [0, 0.1) is 5.82 Å². The second kappa shape index (κ2) is 5.99. The fourth-order valence-electron chi connectivity index (χ4n) is 1.59. The van der Waals surface area contributed by atoms with E-state index in [1.165, 1.54) is 12.3 Å². The van der Waals surface area contributed by atoms with E-state index in [1.807, 2.05) is 27.7 Å². The van der Waals surface area contributed by atoms with E-state index >= 15 is 0 Å². The molecule has 1 aromatic heterocycles. The van der Waals surface area contributed by atoms with E-state index in [0.717, 1.165) is 6.42 Å². The van der Waals surface area contributed by atoms with Crippen molar-refractivity contribution in [2.24, 2.45) is 0 Å². The van der Waals surface area contributed by atoms with E-state index in [-0.39, 0.29) is 22.8 Å². The Morgan fingerprint density at radius 1 is 1.47 bits per heavy atom. The molecule has 0 saturated carbocycles. The third-order valence-electron chi connectivity index (χ3n) is 3.54. The zero-order valence-corrected chi connectivity index (χ0v) is 12.2. The van der Waals surface area contributed by atoms with Gasteiger partial charge >= 0.3 is 0 Å². The number of anilines is 1. The Balaban J connectivity index is 3.10. The van der Waals surface area contributed by atoms with Gasteiger partial charge < -0.3 is 10.2 Å². The molecule has 19 heavy (non-hydrogen) atoms. The van der Waals surface area contributed by atoms with Crippen LogP contribution >= 0.6 is 0 Å². The summed E-state index contributed by atoms with van der Waals surface area (Å²) in [5.41, 5.74) is -0.263. The molecule has 0 atom stereocenters. The Hall–Kier alpha value is -1.65. The van der Waals surface area contributed by atoms with Gasteiger partial charge in [-0.1, -0.05) is 6.92 Å². The van der Waals surface area contributed by atoms with Crippen molar-refractivity contribution in [2.45, 2.75) is 39.7 Å². The number of pyridine rings is 1. The summed E-state index contributed by atoms with van der Waals surface area (Å²) in [7, 11) is 1.69. The monoisotopic (exact) mass is 267 g/mol. The molecule has 0 unspecified atom stereocenters. The van der Waals surface area contributed by atoms with Crippen LogP contribution in [0.4, 0.5) is 10.2 Å². The molecular weight excluding hydrogens is 245 g/mol. The van der Waals surface area contributed by atoms with Crippen molar-refractivity contribution in [1.29, 1.82) is 0 Å². The lowest BCUT2D eigenvalue weighted by atomic mass is 9.99. The number of carbonyl (C=O) groups excluding carboxylic acids is 1. The van der Waals surface area contributed by atoms with Crippen LogP contribution in [0.25, 0.3) is 0 Å². The summed E-state index contributed by atoms with van der Waals surface area (Å²) in [6.07, 6.45) is 2.24. The molecule has 1 aromatic rings. The van der Waals surface area contributed by atoms with Gasteiger partial charge in [-0.25, -0.2) is 9.37 Å². The molecule has 0 fully saturated rings. The van der Waals surface area contributed by atoms with Crippen molar-refractivity contribution in [2.75, 3.05) is 18.9 Å². The number of rotatable bonds is 5. The molecule has 1 amide bonds. The minimum absolute atomic E-state index is 0.0509. The zero-order valence-electron chi connectivity index (χ0n) is 12.2. The normalized spacial score (nSPS) is 11.3. The summed E-state index contributed by atoms with van der Waals surface area (Å²) in [5, 5.41) is 2.81. The second-order valence-electron chi connectivity index (χ2n) is 5.08. The predicted molar refractivity (Wildman–Crippen MR) is 74.8 cm³/mol. The zero-order chi connectivity index (χ0) is 14.6. The van der Waals surface area contributed by atoms with Crippen LogP contribution in [-0.4, -0.2) is 34.9 Å². The van der Waals surface area contributed by atoms with Gasteiger partial charge in [-0.05, 0) is 33.3 Å². The summed E-state index contributed by atoms with van der Waals surface area (Å²) >= 11 is 0. The molecule has 4 nitrogen and oxygen atoms in total. The Morgan fingerprint density at radius 2 is 2.11 bits per heavy atom. The van der Waals surface area contributed by atoms with E-state index in [0.29, 0.717) is 6.54 Å². The van der Waals surface area contributed by atoms with Crippen LogP contribution in [0.2, 0.25) is 0 Å². The van der Waals surface area contributed by atoms with E-state index in [9.17, 15) is 9.18 Å². The van der Waals surface area contributed by atoms with Gasteiger partial charge in [0.25, 0.3) is 5.91 Å². The number of carbonyl (C=O) groups is 1. The minimum atomic E-state index is -0.590. The van der Waals surface area contributed by atoms with Crippen LogP contribution in [-0.2, 0) is 0 Å². The van der Waals surface area contributed by atoms with E-state index < -0.39 is 5.82 Å². The Kier molecular flexibility index (Phi) is 4.86. The summed E-state index contributed by atoms with van der Waals surface area (Å²) in [5.74, 6) is -0.796. The quantitative estimate of drug-likeness (QED) is 0.892. The third kappa shape index (κ3) is 3.22. The molecule has 0 radical (unpaired) electrons. The van der Waals surface area contributed by atoms with Crippen molar-refractivity contribution in [3.8, 4) is 0 Å². The molecule has 106 valence electrons. The SMILES string of the molecule is CCNc1nccc(C(=O)N(C)C(C)(C)CC)c1F. The molecule has 0 spiro atoms. The molecule has 0 aliphatic heterocycles. The van der Waals surface area contributed by atoms with Crippen molar-refractivity contribution in [3.05, 3.63) is 23.6 Å². The lowest BCUT2D eigenvalue weighted by Gasteiger charge is -2.35. The number of amides is 1. The van der Waals surface area contributed by atoms with Gasteiger partial charge in [-0.3, -0.25) is 4.79 Å². The summed E-state index contributed by atoms with van der Waals surface area (Å²) < 4.78 is 14.2. The molecule has 0 bridgehead atoms. The maximum atomic E-state index is 14.2. The number of nitrogens with zero attached hydrogens (tertiary/aromatic N) is 2. The van der Waals surface area contributed by atoms with Crippen molar-refractivity contribution in [1.82, 2.24) is 9.88 Å². The smallest absolute Gasteiger partial charge is 0.257 e. The highest BCUT2D eigenvalue weighted by molar-refractivity contribution is 5.95. The van der Waals surface area contributed by atoms with Crippen molar-refractivity contribution >= 4 is 11.7 Å². The van der Waals surface area contributed by atoms with Gasteiger partial charge in [0.2, 0.25) is 0 Å². The van der Waals surface area contributed by atoms with Crippen LogP contribution in [0.5, 0.6) is 0 Å². The second-order valence-corrected chi connectivity index (χ2v) is 5.08. The largest absolute Gasteiger partial charge is 0.368 e. The Bertz CT molecular complexity index is 460. The van der Waals surface area contributed by atoms with Gasteiger partial charge in [0, 0.05) is 25.3 Å². The lowest BCUT2D eigenvalue weighted by Crippen LogP contribution is -2.44. The average Bonchev–Trinajstić information content (AvgIpc) is 2.39. The fourth-order valence-corrected chi connectivity index (χ4v) is 1.59. The summed E-state index contributed by atoms with van der Waals surface area (Å²) in [6.45, 7) is 8.31. The van der Waals surface area contributed by atoms with E-state index in [2.05, 4.69) is 10.3 Å². The molecule has 1 rings (SSSR count). The van der Waals surface area contributed by atoms with Crippen molar-refractivity contribution in [3.63, 3.8) is 0 Å². The van der Waals surface area contributed by atoms with Crippen LogP contribution in [0.3, 0.4) is 0 Å². The van der Waals surface area contributed by atoms with Gasteiger partial charge in [0.15, 0.2) is 11.6 Å². The predicted octanol–water partition coefficient (Wildman–Crippen LogP) is 2.91. The van der Waals surface area contributed by atoms with E-state index in [4.69, 9.17) is 0 Å². The first-order valence-electron chi connectivity index (χ1n) is 6.51. The molecule has 1 heterocycles. The number of nitrogens with one attached hydrogen (secondary N) is 1. The maximum absolute atomic E-state index is 14.2. The van der Waals surface area contributed by atoms with Gasteiger partial charge in [-0.2, -0.15) is 0 Å². The van der Waals surface area contributed by atoms with E-state index in [1.54, 1.807) is 11.9 Å². The first kappa shape index (κ1) is 15.4. The average molecular weight is 267 g/mol. The number of hydrogen-bond acceptors (Lipinski definition) is 3. The van der Waals surface area contributed by atoms with Crippen LogP contribution in [0.15, 0.2) is 12.3 Å². The first-order valence-corrected chi connectivity index (χ1v) is 6.51. The Morgan fingerprint density at radius 3 is 2.63 bits per heavy atom. The Labute approximate surface area is 114 Å². The van der Waals surface area contributed by atoms with Gasteiger partial charge in [0.1, 0.15) is 0 Å². The van der Waals surface area contributed by atoms with Crippen LogP contribution in [0.1, 0.15) is 44.5 Å². The third-order valence-corrected chi connectivity index (χ3v) is 3.54. The molecule has 0 aromatic carbocycles. The van der Waals surface area contributed by atoms with Crippen LogP contribution < -0.4 is 5.32 Å². The highest BCUT2D eigenvalue weighted by atomic mass is 19.1. The number of aromatic nitrogens is 1. The molecule has 1 N–H and O–H groups in total. The standard InChI is InChI=1S/C14H22FN3O/c1-6-14(3,4)18(5)13(19)10-8-9-17-12(11(10)15)16-7-2/h8-9H,6-7H2,1-5H3,(H,16,17). The van der Waals surface area contributed by atoms with Gasteiger partial charge in [0.05, 0.1) is 5.56 Å². The highest BCUT2D eigenvalue weighted by Gasteiger charge is 2.28. The molecule has 0 aliphatic rings. The van der Waals surface area contributed by atoms with Gasteiger partial charge in [-0.15, -0.1) is 0 Å². The lowest BCUT2D eigenvalue weighted by molar-refractivity contribution is 0.0615. The first-order chi connectivity index (χ1) is 8.85. The molecule has 0 aliphatic carbocycles. The minimum Gasteiger partial charge on any atom is -0.368 e. The fraction of sp³-hybridized carbons (Fsp3) is 0.571. The highest BCUT2D eigenvalue weighted by Crippen LogP contribution is 2.22. The number of halogens is 1. The molecule has 5 heteroatoms. The summed E-state index contributed by atoms with van der Waals surface area (Å²) in [6, 6.07) is 1.42. The van der Waals surface area contributed by atoms with Crippen molar-refractivity contribution < 1.29 is 9.18 Å². The number of hydrogen-bond donors (Lipinski definition) is 1. The molecule has 0 saturated heterocycles. The topological polar surface area (TPSA) is 45.2 Å². The molecular formula is C14H22FN3O. The summed E-state index contributed by atoms with van der Waals surface area (Å²) in [4.78, 5) is 17.8.